The summed E-state index contributed by atoms with van der Waals surface area (Å²) in [5.74, 6) is 5.49. The smallest absolute Gasteiger partial charge is 0.301 e. The van der Waals surface area contributed by atoms with Crippen molar-refractivity contribution in [3.05, 3.63) is 23.2 Å². The second-order valence-corrected chi connectivity index (χ2v) is 4.43. The fraction of sp³-hybridized carbons (Fsp3) is 0.500. The number of nitrogens with one attached hydrogen (secondary N) is 1. The molecular formula is C12H18N4O2. The van der Waals surface area contributed by atoms with Crippen molar-refractivity contribution in [2.24, 2.45) is 11.8 Å². The number of rotatable bonds is 5. The van der Waals surface area contributed by atoms with Gasteiger partial charge in [-0.25, -0.2) is 5.84 Å². The highest BCUT2D eigenvalue weighted by atomic mass is 16.4. The van der Waals surface area contributed by atoms with Crippen LogP contribution in [-0.4, -0.2) is 24.4 Å². The number of nitriles is 1. The summed E-state index contributed by atoms with van der Waals surface area (Å²) in [6.45, 7) is 4.84. The van der Waals surface area contributed by atoms with Crippen LogP contribution in [0.3, 0.4) is 0 Å². The number of carbonyl (C=O) groups is 1. The minimum atomic E-state index is -0.438. The van der Waals surface area contributed by atoms with Gasteiger partial charge in [0.1, 0.15) is 5.76 Å². The zero-order valence-corrected chi connectivity index (χ0v) is 10.9. The molecule has 0 aliphatic carbocycles. The van der Waals surface area contributed by atoms with Crippen molar-refractivity contribution in [1.82, 2.24) is 10.3 Å². The molecule has 1 aromatic heterocycles. The van der Waals surface area contributed by atoms with Crippen LogP contribution in [0.15, 0.2) is 10.5 Å². The van der Waals surface area contributed by atoms with E-state index in [1.54, 1.807) is 13.0 Å². The number of nitrogen functional groups attached to an aromatic ring is 1. The molecule has 6 heteroatoms. The fourth-order valence-electron chi connectivity index (χ4n) is 1.76. The number of amides is 1. The molecule has 0 radical (unpaired) electrons. The van der Waals surface area contributed by atoms with E-state index < -0.39 is 5.91 Å². The average Bonchev–Trinajstić information content (AvgIpc) is 2.68. The third-order valence-corrected chi connectivity index (χ3v) is 2.54. The minimum Gasteiger partial charge on any atom is -0.454 e. The van der Waals surface area contributed by atoms with Gasteiger partial charge in [0.2, 0.25) is 0 Å². The highest BCUT2D eigenvalue weighted by molar-refractivity contribution is 5.92. The van der Waals surface area contributed by atoms with Gasteiger partial charge in [0.15, 0.2) is 5.76 Å². The number of nitrogens with zero attached hydrogens (tertiary/aromatic N) is 2. The first-order chi connectivity index (χ1) is 8.47. The van der Waals surface area contributed by atoms with Gasteiger partial charge < -0.3 is 4.42 Å². The molecule has 0 spiro atoms. The Balaban J connectivity index is 2.69. The summed E-state index contributed by atoms with van der Waals surface area (Å²) >= 11 is 0. The summed E-state index contributed by atoms with van der Waals surface area (Å²) in [7, 11) is 1.90. The van der Waals surface area contributed by atoms with E-state index in [0.29, 0.717) is 18.8 Å². The first-order valence-electron chi connectivity index (χ1n) is 5.66. The molecule has 6 nitrogen and oxygen atoms in total. The molecule has 0 aliphatic heterocycles. The van der Waals surface area contributed by atoms with E-state index >= 15 is 0 Å². The number of hydrogen-bond donors (Lipinski definition) is 2. The number of hydrogen-bond acceptors (Lipinski definition) is 5. The fourth-order valence-corrected chi connectivity index (χ4v) is 1.76. The maximum absolute atomic E-state index is 11.4. The van der Waals surface area contributed by atoms with Gasteiger partial charge in [0.25, 0.3) is 0 Å². The van der Waals surface area contributed by atoms with Crippen molar-refractivity contribution in [3.63, 3.8) is 0 Å². The number of carbonyl (C=O) groups excluding carboxylic acids is 1. The molecule has 1 aromatic rings. The predicted molar refractivity (Wildman–Crippen MR) is 66.2 cm³/mol. The Morgan fingerprint density at radius 3 is 2.94 bits per heavy atom. The van der Waals surface area contributed by atoms with Gasteiger partial charge in [0.05, 0.1) is 18.5 Å². The van der Waals surface area contributed by atoms with Crippen molar-refractivity contribution in [1.29, 1.82) is 5.26 Å². The minimum absolute atomic E-state index is 0.0436. The third-order valence-electron chi connectivity index (χ3n) is 2.54. The Morgan fingerprint density at radius 2 is 2.39 bits per heavy atom. The molecular weight excluding hydrogens is 232 g/mol. The van der Waals surface area contributed by atoms with Crippen LogP contribution in [0.5, 0.6) is 0 Å². The van der Waals surface area contributed by atoms with E-state index in [4.69, 9.17) is 15.5 Å². The highest BCUT2D eigenvalue weighted by Gasteiger charge is 2.16. The predicted octanol–water partition coefficient (Wildman–Crippen LogP) is 0.783. The van der Waals surface area contributed by atoms with Crippen LogP contribution in [0.25, 0.3) is 0 Å². The largest absolute Gasteiger partial charge is 0.454 e. The van der Waals surface area contributed by atoms with Gasteiger partial charge in [-0.3, -0.25) is 15.1 Å². The summed E-state index contributed by atoms with van der Waals surface area (Å²) in [6.07, 6.45) is 0. The lowest BCUT2D eigenvalue weighted by atomic mass is 10.2. The SMILES string of the molecule is Cc1cc(CN(C)CC(C)C#N)oc1C(=O)NN. The Kier molecular flexibility index (Phi) is 4.89. The van der Waals surface area contributed by atoms with E-state index in [0.717, 1.165) is 5.56 Å². The average molecular weight is 250 g/mol. The summed E-state index contributed by atoms with van der Waals surface area (Å²) in [5, 5.41) is 8.74. The molecule has 1 amide bonds. The Hall–Kier alpha value is -1.84. The van der Waals surface area contributed by atoms with Gasteiger partial charge in [-0.2, -0.15) is 5.26 Å². The van der Waals surface area contributed by atoms with Crippen molar-refractivity contribution in [3.8, 4) is 6.07 Å². The van der Waals surface area contributed by atoms with E-state index in [-0.39, 0.29) is 11.7 Å². The van der Waals surface area contributed by atoms with Gasteiger partial charge >= 0.3 is 5.91 Å². The maximum atomic E-state index is 11.4. The van der Waals surface area contributed by atoms with Crippen molar-refractivity contribution < 1.29 is 9.21 Å². The van der Waals surface area contributed by atoms with E-state index in [1.807, 2.05) is 24.3 Å². The first kappa shape index (κ1) is 14.2. The van der Waals surface area contributed by atoms with Crippen LogP contribution >= 0.6 is 0 Å². The molecule has 1 unspecified atom stereocenters. The van der Waals surface area contributed by atoms with Crippen LogP contribution in [0, 0.1) is 24.2 Å². The molecule has 1 atom stereocenters. The third kappa shape index (κ3) is 3.58. The summed E-state index contributed by atoms with van der Waals surface area (Å²) in [4.78, 5) is 13.3. The summed E-state index contributed by atoms with van der Waals surface area (Å²) < 4.78 is 5.44. The van der Waals surface area contributed by atoms with Crippen LogP contribution < -0.4 is 11.3 Å². The van der Waals surface area contributed by atoms with Crippen molar-refractivity contribution >= 4 is 5.91 Å². The lowest BCUT2D eigenvalue weighted by Gasteiger charge is -2.15. The monoisotopic (exact) mass is 250 g/mol. The zero-order valence-electron chi connectivity index (χ0n) is 10.9. The second kappa shape index (κ2) is 6.19. The molecule has 0 saturated heterocycles. The van der Waals surface area contributed by atoms with Gasteiger partial charge in [-0.15, -0.1) is 0 Å². The Labute approximate surface area is 106 Å². The molecule has 0 aromatic carbocycles. The quantitative estimate of drug-likeness (QED) is 0.457. The molecule has 18 heavy (non-hydrogen) atoms. The first-order valence-corrected chi connectivity index (χ1v) is 5.66. The van der Waals surface area contributed by atoms with E-state index in [2.05, 4.69) is 6.07 Å². The van der Waals surface area contributed by atoms with E-state index in [1.165, 1.54) is 0 Å². The summed E-state index contributed by atoms with van der Waals surface area (Å²) in [5.41, 5.74) is 2.79. The van der Waals surface area contributed by atoms with Gasteiger partial charge in [-0.05, 0) is 27.0 Å². The van der Waals surface area contributed by atoms with Crippen LogP contribution in [0.4, 0.5) is 0 Å². The number of hydrazine groups is 1. The highest BCUT2D eigenvalue weighted by Crippen LogP contribution is 2.16. The topological polar surface area (TPSA) is 95.3 Å². The molecule has 1 heterocycles. The van der Waals surface area contributed by atoms with Crippen LogP contribution in [0.2, 0.25) is 0 Å². The number of nitrogens with two attached hydrogens (primary N) is 1. The van der Waals surface area contributed by atoms with E-state index in [9.17, 15) is 4.79 Å². The maximum Gasteiger partial charge on any atom is 0.301 e. The molecule has 3 N–H and O–H groups in total. The number of furan rings is 1. The molecule has 98 valence electrons. The van der Waals surface area contributed by atoms with Crippen LogP contribution in [-0.2, 0) is 6.54 Å². The van der Waals surface area contributed by atoms with Gasteiger partial charge in [0, 0.05) is 12.1 Å². The lowest BCUT2D eigenvalue weighted by molar-refractivity contribution is 0.0921. The Morgan fingerprint density at radius 1 is 1.72 bits per heavy atom. The lowest BCUT2D eigenvalue weighted by Crippen LogP contribution is -2.30. The second-order valence-electron chi connectivity index (χ2n) is 4.43. The van der Waals surface area contributed by atoms with Crippen molar-refractivity contribution in [2.75, 3.05) is 13.6 Å². The molecule has 0 aliphatic rings. The standard InChI is InChI=1S/C12H18N4O2/c1-8(5-13)6-16(3)7-10-4-9(2)11(18-10)12(17)15-14/h4,8H,6-7,14H2,1-3H3,(H,15,17). The van der Waals surface area contributed by atoms with Crippen molar-refractivity contribution in [2.45, 2.75) is 20.4 Å². The molecule has 0 saturated carbocycles. The zero-order chi connectivity index (χ0) is 13.7. The molecule has 0 bridgehead atoms. The number of aryl methyl sites for hydroxylation is 1. The normalized spacial score (nSPS) is 12.2. The summed E-state index contributed by atoms with van der Waals surface area (Å²) in [6, 6.07) is 3.98. The molecule has 0 fully saturated rings. The molecule has 1 rings (SSSR count). The van der Waals surface area contributed by atoms with Crippen LogP contribution in [0.1, 0.15) is 28.8 Å². The Bertz CT molecular complexity index is 461. The van der Waals surface area contributed by atoms with Gasteiger partial charge in [-0.1, -0.05) is 0 Å².